The summed E-state index contributed by atoms with van der Waals surface area (Å²) in [6, 6.07) is 3.77. The Morgan fingerprint density at radius 1 is 1.46 bits per heavy atom. The molecule has 0 amide bonds. The Hall–Kier alpha value is -0.960. The summed E-state index contributed by atoms with van der Waals surface area (Å²) in [5.74, 6) is -0.332. The molecule has 1 aromatic rings. The van der Waals surface area contributed by atoms with Crippen LogP contribution >= 0.6 is 0 Å². The lowest BCUT2D eigenvalue weighted by Gasteiger charge is -2.23. The molecule has 2 nitrogen and oxygen atoms in total. The van der Waals surface area contributed by atoms with E-state index >= 15 is 0 Å². The van der Waals surface area contributed by atoms with E-state index in [9.17, 15) is 4.39 Å². The number of halogens is 1. The monoisotopic (exact) mass is 180 g/mol. The molecule has 1 fully saturated rings. The molecule has 1 saturated heterocycles. The molecule has 0 unspecified atom stereocenters. The average Bonchev–Trinajstić information content (AvgIpc) is 2.20. The van der Waals surface area contributed by atoms with Gasteiger partial charge in [0.15, 0.2) is 0 Å². The normalized spacial score (nSPS) is 23.0. The fraction of sp³-hybridized carbons (Fsp3) is 0.500. The summed E-state index contributed by atoms with van der Waals surface area (Å²) in [5.41, 5.74) is 0.710. The van der Waals surface area contributed by atoms with Crippen molar-refractivity contribution in [3.63, 3.8) is 0 Å². The predicted molar refractivity (Wildman–Crippen MR) is 48.8 cm³/mol. The number of hydrogen-bond donors (Lipinski definition) is 1. The van der Waals surface area contributed by atoms with Crippen LogP contribution in [0.4, 0.5) is 4.39 Å². The van der Waals surface area contributed by atoms with E-state index in [2.05, 4.69) is 10.3 Å². The standard InChI is InChI=1S/C10H13FN2/c11-10-8(4-3-7-13-10)9-5-1-2-6-12-9/h3-4,7,9,12H,1-2,5-6H2/t9-/m1/s1. The van der Waals surface area contributed by atoms with Gasteiger partial charge in [0.2, 0.25) is 5.95 Å². The third kappa shape index (κ3) is 1.86. The highest BCUT2D eigenvalue weighted by Crippen LogP contribution is 2.23. The Morgan fingerprint density at radius 3 is 3.08 bits per heavy atom. The Balaban J connectivity index is 2.18. The summed E-state index contributed by atoms with van der Waals surface area (Å²) < 4.78 is 13.2. The molecule has 1 atom stereocenters. The first-order valence-electron chi connectivity index (χ1n) is 4.72. The molecule has 1 aromatic heterocycles. The first-order chi connectivity index (χ1) is 6.38. The molecular weight excluding hydrogens is 167 g/mol. The predicted octanol–water partition coefficient (Wildman–Crippen LogP) is 2.04. The summed E-state index contributed by atoms with van der Waals surface area (Å²) in [6.45, 7) is 0.985. The van der Waals surface area contributed by atoms with Crippen LogP contribution in [0.2, 0.25) is 0 Å². The van der Waals surface area contributed by atoms with Gasteiger partial charge in [-0.25, -0.2) is 4.98 Å². The van der Waals surface area contributed by atoms with Crippen LogP contribution in [-0.4, -0.2) is 11.5 Å². The third-order valence-electron chi connectivity index (χ3n) is 2.47. The molecule has 0 aromatic carbocycles. The van der Waals surface area contributed by atoms with Crippen LogP contribution in [0.3, 0.4) is 0 Å². The number of hydrogen-bond acceptors (Lipinski definition) is 2. The van der Waals surface area contributed by atoms with Gasteiger partial charge in [-0.2, -0.15) is 4.39 Å². The number of nitrogens with one attached hydrogen (secondary N) is 1. The lowest BCUT2D eigenvalue weighted by molar-refractivity contribution is 0.395. The van der Waals surface area contributed by atoms with Gasteiger partial charge in [0.05, 0.1) is 0 Å². The van der Waals surface area contributed by atoms with E-state index in [1.165, 1.54) is 19.0 Å². The molecule has 0 saturated carbocycles. The number of piperidine rings is 1. The second-order valence-electron chi connectivity index (χ2n) is 3.39. The topological polar surface area (TPSA) is 24.9 Å². The van der Waals surface area contributed by atoms with Crippen molar-refractivity contribution in [3.8, 4) is 0 Å². The van der Waals surface area contributed by atoms with Crippen LogP contribution in [0.5, 0.6) is 0 Å². The molecule has 2 rings (SSSR count). The Labute approximate surface area is 77.2 Å². The van der Waals surface area contributed by atoms with Gasteiger partial charge in [-0.3, -0.25) is 0 Å². The van der Waals surface area contributed by atoms with Crippen molar-refractivity contribution in [2.24, 2.45) is 0 Å². The van der Waals surface area contributed by atoms with Crippen molar-refractivity contribution in [2.75, 3.05) is 6.54 Å². The summed E-state index contributed by atoms with van der Waals surface area (Å²) in [7, 11) is 0. The van der Waals surface area contributed by atoms with Gasteiger partial charge in [-0.1, -0.05) is 12.5 Å². The minimum Gasteiger partial charge on any atom is -0.310 e. The maximum Gasteiger partial charge on any atom is 0.217 e. The first-order valence-corrected chi connectivity index (χ1v) is 4.72. The summed E-state index contributed by atoms with van der Waals surface area (Å²) in [5, 5.41) is 3.30. The van der Waals surface area contributed by atoms with E-state index in [1.807, 2.05) is 6.07 Å². The van der Waals surface area contributed by atoms with Gasteiger partial charge in [0.25, 0.3) is 0 Å². The van der Waals surface area contributed by atoms with Crippen LogP contribution in [-0.2, 0) is 0 Å². The van der Waals surface area contributed by atoms with Crippen molar-refractivity contribution in [3.05, 3.63) is 29.8 Å². The molecule has 2 heterocycles. The zero-order valence-corrected chi connectivity index (χ0v) is 7.46. The second-order valence-corrected chi connectivity index (χ2v) is 3.39. The molecule has 0 radical (unpaired) electrons. The van der Waals surface area contributed by atoms with Crippen LogP contribution in [0.15, 0.2) is 18.3 Å². The van der Waals surface area contributed by atoms with Crippen molar-refractivity contribution in [2.45, 2.75) is 25.3 Å². The summed E-state index contributed by atoms with van der Waals surface area (Å²) in [6.07, 6.45) is 4.87. The molecule has 70 valence electrons. The lowest BCUT2D eigenvalue weighted by atomic mass is 9.99. The Bertz CT molecular complexity index is 282. The molecular formula is C10H13FN2. The fourth-order valence-corrected chi connectivity index (χ4v) is 1.78. The van der Waals surface area contributed by atoms with E-state index < -0.39 is 0 Å². The molecule has 13 heavy (non-hydrogen) atoms. The minimum atomic E-state index is -0.332. The maximum absolute atomic E-state index is 13.2. The number of aromatic nitrogens is 1. The number of rotatable bonds is 1. The Kier molecular flexibility index (Phi) is 2.54. The van der Waals surface area contributed by atoms with Gasteiger partial charge < -0.3 is 5.32 Å². The maximum atomic E-state index is 13.2. The van der Waals surface area contributed by atoms with Gasteiger partial charge in [-0.05, 0) is 25.5 Å². The second kappa shape index (κ2) is 3.83. The van der Waals surface area contributed by atoms with E-state index in [-0.39, 0.29) is 12.0 Å². The molecule has 1 N–H and O–H groups in total. The molecule has 0 bridgehead atoms. The average molecular weight is 180 g/mol. The number of pyridine rings is 1. The third-order valence-corrected chi connectivity index (χ3v) is 2.47. The van der Waals surface area contributed by atoms with E-state index in [0.29, 0.717) is 5.56 Å². The van der Waals surface area contributed by atoms with Crippen LogP contribution in [0.25, 0.3) is 0 Å². The van der Waals surface area contributed by atoms with Crippen LogP contribution in [0.1, 0.15) is 30.9 Å². The fourth-order valence-electron chi connectivity index (χ4n) is 1.78. The number of nitrogens with zero attached hydrogens (tertiary/aromatic N) is 1. The summed E-state index contributed by atoms with van der Waals surface area (Å²) >= 11 is 0. The highest BCUT2D eigenvalue weighted by molar-refractivity contribution is 5.16. The summed E-state index contributed by atoms with van der Waals surface area (Å²) in [4.78, 5) is 3.65. The van der Waals surface area contributed by atoms with Crippen molar-refractivity contribution < 1.29 is 4.39 Å². The van der Waals surface area contributed by atoms with Gasteiger partial charge in [-0.15, -0.1) is 0 Å². The minimum absolute atomic E-state index is 0.169. The van der Waals surface area contributed by atoms with Crippen molar-refractivity contribution in [1.29, 1.82) is 0 Å². The SMILES string of the molecule is Fc1ncccc1[C@H]1CCCCN1. The van der Waals surface area contributed by atoms with Crippen molar-refractivity contribution >= 4 is 0 Å². The largest absolute Gasteiger partial charge is 0.310 e. The first kappa shape index (κ1) is 8.63. The van der Waals surface area contributed by atoms with E-state index in [1.54, 1.807) is 6.07 Å². The Morgan fingerprint density at radius 2 is 2.38 bits per heavy atom. The van der Waals surface area contributed by atoms with Gasteiger partial charge in [0, 0.05) is 17.8 Å². The molecule has 0 spiro atoms. The highest BCUT2D eigenvalue weighted by atomic mass is 19.1. The molecule has 1 aliphatic rings. The van der Waals surface area contributed by atoms with Crippen LogP contribution < -0.4 is 5.32 Å². The van der Waals surface area contributed by atoms with E-state index in [4.69, 9.17) is 0 Å². The zero-order chi connectivity index (χ0) is 9.10. The quantitative estimate of drug-likeness (QED) is 0.669. The van der Waals surface area contributed by atoms with Gasteiger partial charge in [0.1, 0.15) is 0 Å². The zero-order valence-electron chi connectivity index (χ0n) is 7.46. The highest BCUT2D eigenvalue weighted by Gasteiger charge is 2.17. The molecule has 0 aliphatic carbocycles. The van der Waals surface area contributed by atoms with E-state index in [0.717, 1.165) is 13.0 Å². The smallest absolute Gasteiger partial charge is 0.217 e. The lowest BCUT2D eigenvalue weighted by Crippen LogP contribution is -2.27. The molecule has 1 aliphatic heterocycles. The van der Waals surface area contributed by atoms with Crippen molar-refractivity contribution in [1.82, 2.24) is 10.3 Å². The van der Waals surface area contributed by atoms with Gasteiger partial charge >= 0.3 is 0 Å². The molecule has 3 heteroatoms. The van der Waals surface area contributed by atoms with Crippen LogP contribution in [0, 0.1) is 5.95 Å².